The summed E-state index contributed by atoms with van der Waals surface area (Å²) in [5.41, 5.74) is 0. The van der Waals surface area contributed by atoms with Gasteiger partial charge in [-0.3, -0.25) is 4.79 Å². The van der Waals surface area contributed by atoms with Crippen LogP contribution in [0.5, 0.6) is 0 Å². The molecule has 0 heterocycles. The van der Waals surface area contributed by atoms with Crippen LogP contribution in [0.25, 0.3) is 0 Å². The molecule has 0 rings (SSSR count). The second kappa shape index (κ2) is 6.56. The van der Waals surface area contributed by atoms with Crippen molar-refractivity contribution < 1.29 is 24.0 Å². The van der Waals surface area contributed by atoms with E-state index in [0.29, 0.717) is 0 Å². The largest absolute Gasteiger partial charge is 0.458 e. The lowest BCUT2D eigenvalue weighted by Gasteiger charge is -2.13. The highest BCUT2D eigenvalue weighted by Gasteiger charge is 2.14. The van der Waals surface area contributed by atoms with Gasteiger partial charge in [0, 0.05) is 16.4 Å². The molecule has 0 aromatic rings. The molecule has 1 radical (unpaired) electrons. The fourth-order valence-corrected chi connectivity index (χ4v) is 0.716. The number of hydrogen-bond donors (Lipinski definition) is 0. The van der Waals surface area contributed by atoms with Gasteiger partial charge in [-0.15, -0.1) is 10.1 Å². The van der Waals surface area contributed by atoms with Crippen molar-refractivity contribution in [3.8, 4) is 0 Å². The van der Waals surface area contributed by atoms with Gasteiger partial charge in [-0.05, 0) is 0 Å². The number of rotatable bonds is 6. The Hall–Kier alpha value is -0.940. The normalized spacial score (nSPS) is 11.8. The second-order valence-electron chi connectivity index (χ2n) is 1.95. The minimum Gasteiger partial charge on any atom is -0.458 e. The van der Waals surface area contributed by atoms with Crippen LogP contribution in [-0.2, 0) is 18.9 Å². The predicted octanol–water partition coefficient (Wildman–Crippen LogP) is 0.0949. The molecule has 8 heteroatoms. The Morgan fingerprint density at radius 3 is 2.77 bits per heavy atom. The lowest BCUT2D eigenvalue weighted by molar-refractivity contribution is -0.747. The summed E-state index contributed by atoms with van der Waals surface area (Å²) in [4.78, 5) is 24.1. The van der Waals surface area contributed by atoms with Crippen molar-refractivity contribution >= 4 is 15.4 Å². The molecule has 13 heavy (non-hydrogen) atoms. The molecule has 0 saturated heterocycles. The van der Waals surface area contributed by atoms with Gasteiger partial charge in [-0.1, -0.05) is 0 Å². The quantitative estimate of drug-likeness (QED) is 0.267. The zero-order valence-electron chi connectivity index (χ0n) is 6.84. The maximum Gasteiger partial charge on any atom is 0.303 e. The van der Waals surface area contributed by atoms with Crippen LogP contribution < -0.4 is 0 Å². The van der Waals surface area contributed by atoms with Crippen LogP contribution in [0.15, 0.2) is 0 Å². The summed E-state index contributed by atoms with van der Waals surface area (Å²) in [5.74, 6) is -0.574. The highest BCUT2D eigenvalue weighted by atomic mass is 31.0. The average molecular weight is 210 g/mol. The van der Waals surface area contributed by atoms with Crippen LogP contribution in [0, 0.1) is 16.7 Å². The van der Waals surface area contributed by atoms with E-state index in [-0.39, 0.29) is 6.61 Å². The Morgan fingerprint density at radius 2 is 2.38 bits per heavy atom. The van der Waals surface area contributed by atoms with E-state index in [2.05, 4.69) is 14.1 Å². The van der Waals surface area contributed by atoms with Gasteiger partial charge in [0.25, 0.3) is 5.09 Å². The van der Waals surface area contributed by atoms with Crippen LogP contribution in [0.1, 0.15) is 6.92 Å². The van der Waals surface area contributed by atoms with Gasteiger partial charge >= 0.3 is 5.97 Å². The van der Waals surface area contributed by atoms with E-state index < -0.39 is 17.2 Å². The molecule has 0 N–H and O–H groups in total. The first-order valence-corrected chi connectivity index (χ1v) is 3.66. The van der Waals surface area contributed by atoms with E-state index in [4.69, 9.17) is 0 Å². The average Bonchev–Trinajstić information content (AvgIpc) is 1.99. The Labute approximate surface area is 76.7 Å². The van der Waals surface area contributed by atoms with Gasteiger partial charge in [-0.25, -0.2) is 0 Å². The number of carbonyl (C=O) groups excluding carboxylic acids is 1. The van der Waals surface area contributed by atoms with E-state index in [9.17, 15) is 14.9 Å². The first kappa shape index (κ1) is 12.1. The van der Waals surface area contributed by atoms with Gasteiger partial charge in [0.1, 0.15) is 0 Å². The topological polar surface area (TPSA) is 87.9 Å². The van der Waals surface area contributed by atoms with Crippen LogP contribution in [0.3, 0.4) is 0 Å². The molecule has 0 aliphatic heterocycles. The summed E-state index contributed by atoms with van der Waals surface area (Å²) in [6.45, 7) is 1.92. The third-order valence-corrected chi connectivity index (χ3v) is 1.07. The molecular formula is C5H9NO6P. The minimum absolute atomic E-state index is 0.0297. The highest BCUT2D eigenvalue weighted by molar-refractivity contribution is 7.09. The van der Waals surface area contributed by atoms with Crippen molar-refractivity contribution in [1.29, 1.82) is 0 Å². The second-order valence-corrected chi connectivity index (χ2v) is 2.28. The van der Waals surface area contributed by atoms with Gasteiger partial charge in [0.2, 0.25) is 0 Å². The van der Waals surface area contributed by atoms with Crippen LogP contribution in [-0.4, -0.2) is 23.8 Å². The van der Waals surface area contributed by atoms with Crippen molar-refractivity contribution in [2.45, 2.75) is 13.0 Å². The van der Waals surface area contributed by atoms with Crippen molar-refractivity contribution in [3.05, 3.63) is 16.7 Å². The maximum atomic E-state index is 10.4. The molecule has 0 saturated carbocycles. The molecule has 0 bridgehead atoms. The molecule has 0 aliphatic rings. The molecule has 0 aromatic carbocycles. The Morgan fingerprint density at radius 1 is 1.77 bits per heavy atom. The van der Waals surface area contributed by atoms with Gasteiger partial charge in [-0.2, -0.15) is 0 Å². The Balaban J connectivity index is 3.79. The van der Waals surface area contributed by atoms with Crippen molar-refractivity contribution in [3.63, 3.8) is 0 Å². The summed E-state index contributed by atoms with van der Waals surface area (Å²) >= 11 is 0. The molecule has 0 aromatic heterocycles. The number of ether oxygens (including phenoxy) is 1. The minimum atomic E-state index is -1.01. The standard InChI is InChI=1S/C5H9NO6P/c1-4(7)12-5(3-11-13)2-10-6(8)9/h2,5H,3,13H2,1H3. The summed E-state index contributed by atoms with van der Waals surface area (Å²) in [5, 5.41) is 8.74. The SMILES string of the molecule is CC(=O)OC([CH]O[N+](=O)[O-])COP. The van der Waals surface area contributed by atoms with Crippen LogP contribution in [0.2, 0.25) is 0 Å². The first-order valence-electron chi connectivity index (χ1n) is 3.19. The predicted molar refractivity (Wildman–Crippen MR) is 43.6 cm³/mol. The number of carbonyl (C=O) groups is 1. The zero-order chi connectivity index (χ0) is 10.3. The number of esters is 1. The monoisotopic (exact) mass is 210 g/mol. The van der Waals surface area contributed by atoms with Crippen molar-refractivity contribution in [2.24, 2.45) is 0 Å². The molecule has 0 amide bonds. The third kappa shape index (κ3) is 7.42. The highest BCUT2D eigenvalue weighted by Crippen LogP contribution is 2.02. The molecule has 2 unspecified atom stereocenters. The summed E-state index contributed by atoms with van der Waals surface area (Å²) < 4.78 is 9.12. The summed E-state index contributed by atoms with van der Waals surface area (Å²) in [6.07, 6.45) is -0.889. The smallest absolute Gasteiger partial charge is 0.303 e. The summed E-state index contributed by atoms with van der Waals surface area (Å²) in [7, 11) is 1.92. The Bertz CT molecular complexity index is 186. The molecule has 7 nitrogen and oxygen atoms in total. The van der Waals surface area contributed by atoms with E-state index in [1.807, 2.05) is 9.47 Å². The fourth-order valence-electron chi connectivity index (χ4n) is 0.527. The summed E-state index contributed by atoms with van der Waals surface area (Å²) in [6, 6.07) is 0. The van der Waals surface area contributed by atoms with E-state index in [0.717, 1.165) is 6.61 Å². The number of nitrogens with zero attached hydrogens (tertiary/aromatic N) is 1. The molecule has 75 valence electrons. The first-order chi connectivity index (χ1) is 6.06. The lowest BCUT2D eigenvalue weighted by atomic mass is 10.4. The Kier molecular flexibility index (Phi) is 6.09. The zero-order valence-corrected chi connectivity index (χ0v) is 7.99. The van der Waals surface area contributed by atoms with Gasteiger partial charge in [0.15, 0.2) is 12.7 Å². The third-order valence-electron chi connectivity index (χ3n) is 0.877. The van der Waals surface area contributed by atoms with Crippen molar-refractivity contribution in [1.82, 2.24) is 0 Å². The fraction of sp³-hybridized carbons (Fsp3) is 0.600. The van der Waals surface area contributed by atoms with Crippen molar-refractivity contribution in [2.75, 3.05) is 6.61 Å². The lowest BCUT2D eigenvalue weighted by Crippen LogP contribution is -2.23. The van der Waals surface area contributed by atoms with E-state index >= 15 is 0 Å². The van der Waals surface area contributed by atoms with E-state index in [1.54, 1.807) is 0 Å². The van der Waals surface area contributed by atoms with Gasteiger partial charge in [0.05, 0.1) is 6.61 Å². The molecule has 2 atom stereocenters. The van der Waals surface area contributed by atoms with Gasteiger partial charge < -0.3 is 14.1 Å². The molecule has 0 spiro atoms. The molecule has 0 fully saturated rings. The van der Waals surface area contributed by atoms with Crippen LogP contribution in [0.4, 0.5) is 0 Å². The number of hydrogen-bond acceptors (Lipinski definition) is 6. The van der Waals surface area contributed by atoms with Crippen LogP contribution >= 0.6 is 9.47 Å². The molecular weight excluding hydrogens is 201 g/mol. The van der Waals surface area contributed by atoms with E-state index in [1.165, 1.54) is 6.92 Å². The maximum absolute atomic E-state index is 10.4. The molecule has 0 aliphatic carbocycles.